The van der Waals surface area contributed by atoms with E-state index in [1.54, 1.807) is 19.1 Å². The van der Waals surface area contributed by atoms with Crippen LogP contribution in [0.2, 0.25) is 0 Å². The Labute approximate surface area is 221 Å². The fraction of sp³-hybridized carbons (Fsp3) is 0.607. The van der Waals surface area contributed by atoms with E-state index in [2.05, 4.69) is 4.98 Å². The lowest BCUT2D eigenvalue weighted by atomic mass is 9.42. The predicted molar refractivity (Wildman–Crippen MR) is 132 cm³/mol. The number of cyclic esters (lactones) is 1. The number of aromatic nitrogens is 1. The number of allylic oxidation sites excluding steroid dienone is 1. The molecule has 206 valence electrons. The Hall–Kier alpha value is -3.11. The van der Waals surface area contributed by atoms with Crippen molar-refractivity contribution in [3.8, 4) is 0 Å². The summed E-state index contributed by atoms with van der Waals surface area (Å²) in [7, 11) is 0. The first-order chi connectivity index (χ1) is 17.8. The Morgan fingerprint density at radius 3 is 2.55 bits per heavy atom. The Kier molecular flexibility index (Phi) is 7.26. The molecule has 1 saturated heterocycles. The molecule has 3 aliphatic rings. The zero-order valence-electron chi connectivity index (χ0n) is 22.3. The Morgan fingerprint density at radius 1 is 1.26 bits per heavy atom. The van der Waals surface area contributed by atoms with Gasteiger partial charge in [0.05, 0.1) is 11.5 Å². The number of aliphatic hydroxyl groups is 2. The van der Waals surface area contributed by atoms with Crippen molar-refractivity contribution in [1.82, 2.24) is 4.98 Å². The Bertz CT molecular complexity index is 1160. The number of ketones is 1. The first-order valence-electron chi connectivity index (χ1n) is 12.8. The zero-order valence-corrected chi connectivity index (χ0v) is 22.3. The molecule has 2 heterocycles. The number of hydrogen-bond acceptors (Lipinski definition) is 10. The molecular weight excluding hydrogens is 494 g/mol. The number of ether oxygens (including phenoxy) is 3. The summed E-state index contributed by atoms with van der Waals surface area (Å²) in [4.78, 5) is 53.6. The van der Waals surface area contributed by atoms with E-state index in [-0.39, 0.29) is 18.6 Å². The number of rotatable bonds is 6. The molecule has 0 amide bonds. The smallest absolute Gasteiger partial charge is 0.375 e. The second-order valence-corrected chi connectivity index (χ2v) is 11.2. The maximum absolute atomic E-state index is 13.1. The minimum Gasteiger partial charge on any atom is -0.462 e. The average Bonchev–Trinajstić information content (AvgIpc) is 3.19. The number of carbonyl (C=O) groups is 4. The third-order valence-corrected chi connectivity index (χ3v) is 9.34. The van der Waals surface area contributed by atoms with Gasteiger partial charge in [0.15, 0.2) is 0 Å². The lowest BCUT2D eigenvalue weighted by Crippen LogP contribution is -2.75. The average molecular weight is 530 g/mol. The van der Waals surface area contributed by atoms with E-state index < -0.39 is 70.3 Å². The van der Waals surface area contributed by atoms with Crippen molar-refractivity contribution < 1.29 is 43.6 Å². The van der Waals surface area contributed by atoms with Crippen LogP contribution in [0.15, 0.2) is 36.2 Å². The summed E-state index contributed by atoms with van der Waals surface area (Å²) in [6.45, 7) is 8.00. The van der Waals surface area contributed by atoms with Gasteiger partial charge >= 0.3 is 17.9 Å². The Morgan fingerprint density at radius 2 is 1.97 bits per heavy atom. The summed E-state index contributed by atoms with van der Waals surface area (Å²) in [6.07, 6.45) is 2.22. The molecule has 0 spiro atoms. The zero-order chi connectivity index (χ0) is 28.0. The number of Topliss-reactive ketones (excluding diaryl/α,β-unsaturated/α-hetero) is 1. The maximum Gasteiger partial charge on any atom is 0.375 e. The minimum atomic E-state index is -1.94. The van der Waals surface area contributed by atoms with Crippen LogP contribution in [0, 0.1) is 22.7 Å². The summed E-state index contributed by atoms with van der Waals surface area (Å²) in [5.41, 5.74) is -3.16. The number of fused-ring (bicyclic) bond motifs is 1. The first-order valence-corrected chi connectivity index (χ1v) is 12.8. The summed E-state index contributed by atoms with van der Waals surface area (Å²) < 4.78 is 16.6. The highest BCUT2D eigenvalue weighted by Gasteiger charge is 2.71. The van der Waals surface area contributed by atoms with Crippen LogP contribution in [0.3, 0.4) is 0 Å². The number of carbonyl (C=O) groups excluding carboxylic acids is 4. The molecule has 1 unspecified atom stereocenters. The molecule has 0 bridgehead atoms. The third kappa shape index (κ3) is 4.23. The van der Waals surface area contributed by atoms with E-state index in [1.165, 1.54) is 26.2 Å². The number of hydrogen-bond donors (Lipinski definition) is 2. The topological polar surface area (TPSA) is 149 Å². The minimum absolute atomic E-state index is 0.0704. The van der Waals surface area contributed by atoms with Crippen molar-refractivity contribution in [3.63, 3.8) is 0 Å². The second kappa shape index (κ2) is 9.89. The van der Waals surface area contributed by atoms with Crippen molar-refractivity contribution in [2.24, 2.45) is 22.7 Å². The van der Waals surface area contributed by atoms with Gasteiger partial charge in [-0.05, 0) is 51.2 Å². The molecule has 1 aromatic rings. The van der Waals surface area contributed by atoms with Crippen molar-refractivity contribution in [3.05, 3.63) is 41.7 Å². The van der Waals surface area contributed by atoms with Crippen LogP contribution in [0.1, 0.15) is 64.2 Å². The van der Waals surface area contributed by atoms with E-state index in [0.29, 0.717) is 12.8 Å². The lowest BCUT2D eigenvalue weighted by Gasteiger charge is -2.66. The second-order valence-electron chi connectivity index (χ2n) is 11.2. The fourth-order valence-electron chi connectivity index (χ4n) is 6.84. The lowest BCUT2D eigenvalue weighted by molar-refractivity contribution is -0.292. The third-order valence-electron chi connectivity index (χ3n) is 9.34. The number of pyridine rings is 1. The summed E-state index contributed by atoms with van der Waals surface area (Å²) in [6, 6.07) is 3.15. The van der Waals surface area contributed by atoms with Crippen molar-refractivity contribution in [2.45, 2.75) is 77.8 Å². The van der Waals surface area contributed by atoms with E-state index >= 15 is 0 Å². The fourth-order valence-corrected chi connectivity index (χ4v) is 6.84. The van der Waals surface area contributed by atoms with Gasteiger partial charge in [0.1, 0.15) is 30.5 Å². The van der Waals surface area contributed by atoms with Crippen LogP contribution >= 0.6 is 0 Å². The normalized spacial score (nSPS) is 37.5. The number of esters is 3. The van der Waals surface area contributed by atoms with E-state index in [4.69, 9.17) is 14.2 Å². The maximum atomic E-state index is 13.1. The van der Waals surface area contributed by atoms with Gasteiger partial charge in [-0.15, -0.1) is 0 Å². The molecule has 10 heteroatoms. The van der Waals surface area contributed by atoms with Gasteiger partial charge in [0.2, 0.25) is 5.78 Å². The molecule has 38 heavy (non-hydrogen) atoms. The van der Waals surface area contributed by atoms with Crippen LogP contribution in [0.5, 0.6) is 0 Å². The molecule has 8 atom stereocenters. The molecule has 2 aliphatic carbocycles. The molecule has 2 N–H and O–H groups in total. The summed E-state index contributed by atoms with van der Waals surface area (Å²) >= 11 is 0. The molecule has 1 aliphatic heterocycles. The largest absolute Gasteiger partial charge is 0.462 e. The van der Waals surface area contributed by atoms with Crippen LogP contribution in [-0.4, -0.2) is 69.4 Å². The van der Waals surface area contributed by atoms with Gasteiger partial charge in [-0.2, -0.15) is 0 Å². The van der Waals surface area contributed by atoms with Gasteiger partial charge in [0, 0.05) is 30.1 Å². The standard InChI is InChI=1S/C28H35NO9/c1-15-8-6-10-19-26(15,3)23(38-24(33)17-9-7-11-29-13-17)22(32)28(5,35)27(19,4)20(37-16(2)30)12-18-14-36-25(34)21(18)31/h7-9,11,13,18-20,22-23,32,35H,6,10,12,14H2,1-5H3/t18?,19-,20-,22-,23-,26-,27-,28-/m1/s1. The van der Waals surface area contributed by atoms with Crippen molar-refractivity contribution in [1.29, 1.82) is 0 Å². The monoisotopic (exact) mass is 529 g/mol. The van der Waals surface area contributed by atoms with Crippen LogP contribution < -0.4 is 0 Å². The molecular formula is C28H35NO9. The highest BCUT2D eigenvalue weighted by atomic mass is 16.6. The van der Waals surface area contributed by atoms with Crippen molar-refractivity contribution in [2.75, 3.05) is 6.61 Å². The summed E-state index contributed by atoms with van der Waals surface area (Å²) in [5, 5.41) is 23.8. The molecule has 0 aromatic carbocycles. The van der Waals surface area contributed by atoms with Gasteiger partial charge in [0.25, 0.3) is 0 Å². The summed E-state index contributed by atoms with van der Waals surface area (Å²) in [5.74, 6) is -4.29. The molecule has 1 aromatic heterocycles. The Balaban J connectivity index is 1.80. The highest BCUT2D eigenvalue weighted by Crippen LogP contribution is 2.64. The quantitative estimate of drug-likeness (QED) is 0.243. The number of aliphatic hydroxyl groups excluding tert-OH is 1. The van der Waals surface area contributed by atoms with Crippen LogP contribution in [0.4, 0.5) is 0 Å². The van der Waals surface area contributed by atoms with Gasteiger partial charge in [-0.3, -0.25) is 14.6 Å². The molecule has 4 rings (SSSR count). The van der Waals surface area contributed by atoms with E-state index in [9.17, 15) is 29.4 Å². The van der Waals surface area contributed by atoms with Gasteiger partial charge in [-0.25, -0.2) is 9.59 Å². The molecule has 2 fully saturated rings. The molecule has 1 saturated carbocycles. The van der Waals surface area contributed by atoms with E-state index in [0.717, 1.165) is 5.57 Å². The molecule has 10 nitrogen and oxygen atoms in total. The van der Waals surface area contributed by atoms with Crippen LogP contribution in [-0.2, 0) is 28.6 Å². The van der Waals surface area contributed by atoms with Gasteiger partial charge in [-0.1, -0.05) is 25.5 Å². The SMILES string of the molecule is CC(=O)O[C@H](CC1COC(=O)C1=O)[C@@]1(C)[C@@H]2CCC=C(C)[C@@]2(C)[C@H](OC(=O)c2cccnc2)[C@@H](O)[C@@]1(C)O. The van der Waals surface area contributed by atoms with E-state index in [1.807, 2.05) is 19.9 Å². The van der Waals surface area contributed by atoms with Gasteiger partial charge < -0.3 is 24.4 Å². The first kappa shape index (κ1) is 27.9. The number of nitrogens with zero attached hydrogens (tertiary/aromatic N) is 1. The molecule has 0 radical (unpaired) electrons. The van der Waals surface area contributed by atoms with Crippen LogP contribution in [0.25, 0.3) is 0 Å². The predicted octanol–water partition coefficient (Wildman–Crippen LogP) is 2.17. The van der Waals surface area contributed by atoms with Crippen molar-refractivity contribution >= 4 is 23.7 Å². The highest BCUT2D eigenvalue weighted by molar-refractivity contribution is 6.36.